The zero-order valence-electron chi connectivity index (χ0n) is 12.6. The summed E-state index contributed by atoms with van der Waals surface area (Å²) >= 11 is 0. The third-order valence-corrected chi connectivity index (χ3v) is 7.01. The average Bonchev–Trinajstić information content (AvgIpc) is 2.75. The predicted molar refractivity (Wildman–Crippen MR) is 89.2 cm³/mol. The largest absolute Gasteiger partial charge is 0.350 e. The molecule has 0 saturated heterocycles. The van der Waals surface area contributed by atoms with Gasteiger partial charge in [-0.25, -0.2) is 0 Å². The van der Waals surface area contributed by atoms with E-state index in [0.29, 0.717) is 11.5 Å². The Balaban J connectivity index is 2.14. The van der Waals surface area contributed by atoms with Gasteiger partial charge in [-0.05, 0) is 40.1 Å². The summed E-state index contributed by atoms with van der Waals surface area (Å²) in [5, 5.41) is 6.57. The highest BCUT2D eigenvalue weighted by molar-refractivity contribution is 6.75. The van der Waals surface area contributed by atoms with Crippen LogP contribution in [0.1, 0.15) is 23.6 Å². The van der Waals surface area contributed by atoms with Gasteiger partial charge in [0.2, 0.25) is 0 Å². The molecule has 0 bridgehead atoms. The molecule has 0 aliphatic heterocycles. The zero-order valence-corrected chi connectivity index (χ0v) is 13.6. The molecule has 0 fully saturated rings. The van der Waals surface area contributed by atoms with Gasteiger partial charge in [0.25, 0.3) is 0 Å². The zero-order chi connectivity index (χ0) is 14.3. The molecule has 2 atom stereocenters. The molecule has 0 radical (unpaired) electrons. The Morgan fingerprint density at radius 3 is 2.35 bits per heavy atom. The summed E-state index contributed by atoms with van der Waals surface area (Å²) in [6.45, 7) is 6.94. The standard InChI is InChI=1S/C18H23NSi/c1-13-12-17-15(14-8-5-4-6-9-14)10-7-11-16(17)18(13)20(2,3)19/h4-11,13,18H,12,19H2,1-3H3. The van der Waals surface area contributed by atoms with Crippen LogP contribution in [-0.2, 0) is 6.42 Å². The van der Waals surface area contributed by atoms with Gasteiger partial charge in [0, 0.05) is 0 Å². The number of benzene rings is 2. The van der Waals surface area contributed by atoms with Crippen molar-refractivity contribution in [3.05, 3.63) is 59.7 Å². The van der Waals surface area contributed by atoms with Crippen LogP contribution in [0, 0.1) is 5.92 Å². The van der Waals surface area contributed by atoms with Gasteiger partial charge in [-0.15, -0.1) is 0 Å². The van der Waals surface area contributed by atoms with E-state index in [4.69, 9.17) is 5.40 Å². The molecule has 2 aromatic rings. The Kier molecular flexibility index (Phi) is 3.31. The number of rotatable bonds is 2. The Labute approximate surface area is 122 Å². The third kappa shape index (κ3) is 2.23. The number of hydrogen-bond donors (Lipinski definition) is 1. The van der Waals surface area contributed by atoms with Crippen LogP contribution in [0.25, 0.3) is 11.1 Å². The minimum Gasteiger partial charge on any atom is -0.350 e. The fourth-order valence-electron chi connectivity index (χ4n) is 3.89. The lowest BCUT2D eigenvalue weighted by atomic mass is 9.97. The van der Waals surface area contributed by atoms with Crippen molar-refractivity contribution in [2.24, 2.45) is 11.3 Å². The van der Waals surface area contributed by atoms with Gasteiger partial charge >= 0.3 is 0 Å². The molecular weight excluding hydrogens is 258 g/mol. The maximum absolute atomic E-state index is 6.57. The van der Waals surface area contributed by atoms with Crippen molar-refractivity contribution in [3.63, 3.8) is 0 Å². The lowest BCUT2D eigenvalue weighted by molar-refractivity contribution is 0.590. The fraction of sp³-hybridized carbons (Fsp3) is 0.333. The van der Waals surface area contributed by atoms with Crippen molar-refractivity contribution >= 4 is 8.24 Å². The smallest absolute Gasteiger partial charge is 0.124 e. The maximum Gasteiger partial charge on any atom is 0.124 e. The van der Waals surface area contributed by atoms with E-state index in [1.165, 1.54) is 28.7 Å². The van der Waals surface area contributed by atoms with E-state index < -0.39 is 8.24 Å². The first kappa shape index (κ1) is 13.6. The first-order valence-electron chi connectivity index (χ1n) is 7.44. The second kappa shape index (κ2) is 4.87. The van der Waals surface area contributed by atoms with E-state index in [0.717, 1.165) is 0 Å². The molecule has 2 heteroatoms. The molecule has 0 aromatic heterocycles. The molecule has 0 spiro atoms. The van der Waals surface area contributed by atoms with Crippen LogP contribution >= 0.6 is 0 Å². The summed E-state index contributed by atoms with van der Waals surface area (Å²) in [4.78, 5) is 0. The number of nitrogens with two attached hydrogens (primary N) is 1. The summed E-state index contributed by atoms with van der Waals surface area (Å²) in [6, 6.07) is 17.5. The summed E-state index contributed by atoms with van der Waals surface area (Å²) in [5.41, 5.74) is 6.35. The topological polar surface area (TPSA) is 26.0 Å². The molecule has 0 saturated carbocycles. The van der Waals surface area contributed by atoms with E-state index in [-0.39, 0.29) is 0 Å². The molecule has 1 nitrogen and oxygen atoms in total. The quantitative estimate of drug-likeness (QED) is 0.815. The van der Waals surface area contributed by atoms with Crippen LogP contribution in [0.3, 0.4) is 0 Å². The molecule has 3 rings (SSSR count). The molecule has 2 N–H and O–H groups in total. The van der Waals surface area contributed by atoms with Crippen LogP contribution in [-0.4, -0.2) is 8.24 Å². The van der Waals surface area contributed by atoms with E-state index in [2.05, 4.69) is 68.5 Å². The molecular formula is C18H23NSi. The third-order valence-electron chi connectivity index (χ3n) is 4.53. The number of fused-ring (bicyclic) bond motifs is 1. The molecule has 1 aliphatic carbocycles. The van der Waals surface area contributed by atoms with Crippen molar-refractivity contribution < 1.29 is 0 Å². The van der Waals surface area contributed by atoms with Crippen LogP contribution < -0.4 is 5.40 Å². The van der Waals surface area contributed by atoms with Gasteiger partial charge in [0.1, 0.15) is 8.24 Å². The maximum atomic E-state index is 6.57. The minimum atomic E-state index is -1.66. The Bertz CT molecular complexity index is 613. The summed E-state index contributed by atoms with van der Waals surface area (Å²) in [7, 11) is -1.66. The van der Waals surface area contributed by atoms with E-state index >= 15 is 0 Å². The normalized spacial score (nSPS) is 21.8. The van der Waals surface area contributed by atoms with Gasteiger partial charge in [0.05, 0.1) is 0 Å². The second-order valence-electron chi connectivity index (χ2n) is 6.72. The second-order valence-corrected chi connectivity index (χ2v) is 11.0. The molecule has 0 heterocycles. The van der Waals surface area contributed by atoms with Crippen LogP contribution in [0.5, 0.6) is 0 Å². The highest BCUT2D eigenvalue weighted by atomic mass is 28.3. The molecule has 20 heavy (non-hydrogen) atoms. The molecule has 104 valence electrons. The van der Waals surface area contributed by atoms with E-state index in [1.807, 2.05) is 0 Å². The lowest BCUT2D eigenvalue weighted by Gasteiger charge is -2.29. The fourth-order valence-corrected chi connectivity index (χ4v) is 6.55. The molecule has 1 aliphatic rings. The van der Waals surface area contributed by atoms with E-state index in [9.17, 15) is 0 Å². The molecule has 2 unspecified atom stereocenters. The first-order chi connectivity index (χ1) is 9.48. The first-order valence-corrected chi connectivity index (χ1v) is 10.6. The lowest BCUT2D eigenvalue weighted by Crippen LogP contribution is -2.46. The molecule has 2 aromatic carbocycles. The highest BCUT2D eigenvalue weighted by Crippen LogP contribution is 2.45. The highest BCUT2D eigenvalue weighted by Gasteiger charge is 2.40. The van der Waals surface area contributed by atoms with Gasteiger partial charge in [0.15, 0.2) is 0 Å². The summed E-state index contributed by atoms with van der Waals surface area (Å²) < 4.78 is 0. The van der Waals surface area contributed by atoms with Gasteiger partial charge in [-0.3, -0.25) is 0 Å². The minimum absolute atomic E-state index is 0.584. The van der Waals surface area contributed by atoms with Crippen molar-refractivity contribution in [2.45, 2.75) is 32.0 Å². The van der Waals surface area contributed by atoms with Crippen molar-refractivity contribution in [1.29, 1.82) is 0 Å². The molecule has 0 amide bonds. The predicted octanol–water partition coefficient (Wildman–Crippen LogP) is 4.33. The van der Waals surface area contributed by atoms with Crippen LogP contribution in [0.15, 0.2) is 48.5 Å². The SMILES string of the molecule is CC1Cc2c(-c3ccccc3)cccc2C1[Si](C)(C)N. The van der Waals surface area contributed by atoms with Crippen molar-refractivity contribution in [2.75, 3.05) is 0 Å². The monoisotopic (exact) mass is 281 g/mol. The number of hydrogen-bond acceptors (Lipinski definition) is 1. The summed E-state index contributed by atoms with van der Waals surface area (Å²) in [5.74, 6) is 0.668. The summed E-state index contributed by atoms with van der Waals surface area (Å²) in [6.07, 6.45) is 1.17. The van der Waals surface area contributed by atoms with Gasteiger partial charge in [-0.2, -0.15) is 0 Å². The van der Waals surface area contributed by atoms with Crippen molar-refractivity contribution in [3.8, 4) is 11.1 Å². The van der Waals surface area contributed by atoms with Gasteiger partial charge in [-0.1, -0.05) is 68.5 Å². The van der Waals surface area contributed by atoms with Gasteiger partial charge < -0.3 is 5.40 Å². The van der Waals surface area contributed by atoms with Crippen molar-refractivity contribution in [1.82, 2.24) is 0 Å². The van der Waals surface area contributed by atoms with E-state index in [1.54, 1.807) is 0 Å². The Morgan fingerprint density at radius 1 is 1.00 bits per heavy atom. The Hall–Kier alpha value is -1.38. The van der Waals surface area contributed by atoms with Crippen LogP contribution in [0.2, 0.25) is 13.1 Å². The van der Waals surface area contributed by atoms with Crippen LogP contribution in [0.4, 0.5) is 0 Å². The Morgan fingerprint density at radius 2 is 1.70 bits per heavy atom. The average molecular weight is 281 g/mol.